The van der Waals surface area contributed by atoms with Crippen LogP contribution in [0.5, 0.6) is 0 Å². The van der Waals surface area contributed by atoms with E-state index in [9.17, 15) is 19.2 Å². The number of hydrogen-bond acceptors (Lipinski definition) is 5. The molecule has 0 bridgehead atoms. The first-order chi connectivity index (χ1) is 11.7. The summed E-state index contributed by atoms with van der Waals surface area (Å²) in [5.41, 5.74) is 0.303. The fourth-order valence-electron chi connectivity index (χ4n) is 2.33. The number of esters is 1. The number of carbonyl (C=O) groups excluding carboxylic acids is 4. The van der Waals surface area contributed by atoms with Crippen molar-refractivity contribution in [2.24, 2.45) is 0 Å². The van der Waals surface area contributed by atoms with Gasteiger partial charge in [-0.3, -0.25) is 19.3 Å². The van der Waals surface area contributed by atoms with Crippen molar-refractivity contribution >= 4 is 29.4 Å². The molecule has 0 aromatic heterocycles. The number of imide groups is 1. The molecular weight excluding hydrogens is 324 g/mol. The van der Waals surface area contributed by atoms with E-state index < -0.39 is 5.97 Å². The Balaban J connectivity index is 1.93. The molecule has 134 valence electrons. The van der Waals surface area contributed by atoms with Crippen LogP contribution in [-0.2, 0) is 19.1 Å². The Bertz CT molecular complexity index is 678. The first-order valence-electron chi connectivity index (χ1n) is 8.17. The highest BCUT2D eigenvalue weighted by Gasteiger charge is 2.30. The minimum atomic E-state index is -0.643. The van der Waals surface area contributed by atoms with Crippen LogP contribution in [0.3, 0.4) is 0 Å². The third kappa shape index (κ3) is 4.65. The highest BCUT2D eigenvalue weighted by Crippen LogP contribution is 2.22. The summed E-state index contributed by atoms with van der Waals surface area (Å²) in [5.74, 6) is -1.52. The van der Waals surface area contributed by atoms with Crippen molar-refractivity contribution in [1.29, 1.82) is 0 Å². The van der Waals surface area contributed by atoms with Gasteiger partial charge in [0.25, 0.3) is 5.91 Å². The predicted molar refractivity (Wildman–Crippen MR) is 91.0 cm³/mol. The largest absolute Gasteiger partial charge is 0.452 e. The number of carbonyl (C=O) groups is 4. The maximum Gasteiger partial charge on any atom is 0.338 e. The number of ether oxygens (including phenoxy) is 1. The molecule has 1 heterocycles. The standard InChI is InChI=1S/C18H22N2O5/c1-4-18(2,3)19-14(21)11-25-17(24)12-5-7-13(8-6-12)20-15(22)9-10-16(20)23/h5-8H,4,9-11H2,1-3H3,(H,19,21). The summed E-state index contributed by atoms with van der Waals surface area (Å²) in [6.07, 6.45) is 1.15. The van der Waals surface area contributed by atoms with E-state index in [0.717, 1.165) is 11.3 Å². The molecule has 0 saturated carbocycles. The molecule has 1 N–H and O–H groups in total. The van der Waals surface area contributed by atoms with Gasteiger partial charge in [0.2, 0.25) is 11.8 Å². The van der Waals surface area contributed by atoms with Crippen LogP contribution < -0.4 is 10.2 Å². The lowest BCUT2D eigenvalue weighted by Gasteiger charge is -2.24. The predicted octanol–water partition coefficient (Wildman–Crippen LogP) is 1.80. The maximum absolute atomic E-state index is 12.0. The van der Waals surface area contributed by atoms with Crippen LogP contribution in [0.4, 0.5) is 5.69 Å². The number of hydrogen-bond donors (Lipinski definition) is 1. The zero-order valence-electron chi connectivity index (χ0n) is 14.6. The molecule has 0 radical (unpaired) electrons. The second kappa shape index (κ2) is 7.46. The molecule has 1 saturated heterocycles. The summed E-state index contributed by atoms with van der Waals surface area (Å²) in [4.78, 5) is 48.3. The number of nitrogens with one attached hydrogen (secondary N) is 1. The Labute approximate surface area is 146 Å². The van der Waals surface area contributed by atoms with Gasteiger partial charge in [-0.05, 0) is 44.5 Å². The number of benzene rings is 1. The van der Waals surface area contributed by atoms with E-state index in [1.54, 1.807) is 0 Å². The van der Waals surface area contributed by atoms with Crippen LogP contribution in [0.15, 0.2) is 24.3 Å². The van der Waals surface area contributed by atoms with Gasteiger partial charge in [0.15, 0.2) is 6.61 Å². The Morgan fingerprint density at radius 1 is 1.12 bits per heavy atom. The average molecular weight is 346 g/mol. The van der Waals surface area contributed by atoms with Crippen LogP contribution >= 0.6 is 0 Å². The van der Waals surface area contributed by atoms with E-state index in [1.165, 1.54) is 24.3 Å². The van der Waals surface area contributed by atoms with Gasteiger partial charge in [-0.25, -0.2) is 4.79 Å². The molecule has 1 aliphatic heterocycles. The SMILES string of the molecule is CCC(C)(C)NC(=O)COC(=O)c1ccc(N2C(=O)CCC2=O)cc1. The molecular formula is C18H22N2O5. The van der Waals surface area contributed by atoms with Crippen LogP contribution in [0, 0.1) is 0 Å². The summed E-state index contributed by atoms with van der Waals surface area (Å²) < 4.78 is 4.99. The van der Waals surface area contributed by atoms with Gasteiger partial charge in [0.05, 0.1) is 11.3 Å². The molecule has 1 aromatic rings. The smallest absolute Gasteiger partial charge is 0.338 e. The van der Waals surface area contributed by atoms with E-state index in [4.69, 9.17) is 4.74 Å². The molecule has 7 nitrogen and oxygen atoms in total. The number of amides is 3. The molecule has 1 fully saturated rings. The van der Waals surface area contributed by atoms with E-state index >= 15 is 0 Å². The van der Waals surface area contributed by atoms with E-state index in [2.05, 4.69) is 5.32 Å². The summed E-state index contributed by atoms with van der Waals surface area (Å²) in [6.45, 7) is 5.34. The number of nitrogens with zero attached hydrogens (tertiary/aromatic N) is 1. The lowest BCUT2D eigenvalue weighted by molar-refractivity contribution is -0.126. The highest BCUT2D eigenvalue weighted by atomic mass is 16.5. The molecule has 0 aliphatic carbocycles. The fourth-order valence-corrected chi connectivity index (χ4v) is 2.33. The summed E-state index contributed by atoms with van der Waals surface area (Å²) >= 11 is 0. The van der Waals surface area contributed by atoms with Crippen molar-refractivity contribution in [2.45, 2.75) is 45.6 Å². The van der Waals surface area contributed by atoms with E-state index in [-0.39, 0.29) is 48.3 Å². The van der Waals surface area contributed by atoms with Crippen molar-refractivity contribution in [3.63, 3.8) is 0 Å². The van der Waals surface area contributed by atoms with Crippen LogP contribution in [0.1, 0.15) is 50.4 Å². The molecule has 2 rings (SSSR count). The van der Waals surface area contributed by atoms with Gasteiger partial charge in [-0.15, -0.1) is 0 Å². The Morgan fingerprint density at radius 2 is 1.68 bits per heavy atom. The molecule has 0 unspecified atom stereocenters. The van der Waals surface area contributed by atoms with Gasteiger partial charge in [-0.2, -0.15) is 0 Å². The highest BCUT2D eigenvalue weighted by molar-refractivity contribution is 6.19. The third-order valence-corrected chi connectivity index (χ3v) is 4.11. The second-order valence-corrected chi connectivity index (χ2v) is 6.53. The number of rotatable bonds is 6. The minimum Gasteiger partial charge on any atom is -0.452 e. The Hall–Kier alpha value is -2.70. The third-order valence-electron chi connectivity index (χ3n) is 4.11. The van der Waals surface area contributed by atoms with E-state index in [0.29, 0.717) is 5.69 Å². The van der Waals surface area contributed by atoms with Crippen molar-refractivity contribution in [3.05, 3.63) is 29.8 Å². The van der Waals surface area contributed by atoms with E-state index in [1.807, 2.05) is 20.8 Å². The van der Waals surface area contributed by atoms with Crippen LogP contribution in [-0.4, -0.2) is 35.8 Å². The quantitative estimate of drug-likeness (QED) is 0.626. The van der Waals surface area contributed by atoms with Crippen molar-refractivity contribution < 1.29 is 23.9 Å². The summed E-state index contributed by atoms with van der Waals surface area (Å²) in [7, 11) is 0. The van der Waals surface area contributed by atoms with Gasteiger partial charge in [0, 0.05) is 18.4 Å². The monoisotopic (exact) mass is 346 g/mol. The van der Waals surface area contributed by atoms with Crippen molar-refractivity contribution in [2.75, 3.05) is 11.5 Å². The summed E-state index contributed by atoms with van der Waals surface area (Å²) in [5, 5.41) is 2.77. The fraction of sp³-hybridized carbons (Fsp3) is 0.444. The average Bonchev–Trinajstić information content (AvgIpc) is 2.91. The van der Waals surface area contributed by atoms with Crippen molar-refractivity contribution in [3.8, 4) is 0 Å². The minimum absolute atomic E-state index is 0.200. The molecule has 3 amide bonds. The van der Waals surface area contributed by atoms with Crippen molar-refractivity contribution in [1.82, 2.24) is 5.32 Å². The van der Waals surface area contributed by atoms with Gasteiger partial charge in [0.1, 0.15) is 0 Å². The van der Waals surface area contributed by atoms with Gasteiger partial charge in [-0.1, -0.05) is 6.92 Å². The molecule has 1 aliphatic rings. The lowest BCUT2D eigenvalue weighted by Crippen LogP contribution is -2.44. The zero-order chi connectivity index (χ0) is 18.6. The molecule has 1 aromatic carbocycles. The summed E-state index contributed by atoms with van der Waals surface area (Å²) in [6, 6.07) is 5.95. The van der Waals surface area contributed by atoms with Gasteiger partial charge < -0.3 is 10.1 Å². The Kier molecular flexibility index (Phi) is 5.56. The molecule has 0 atom stereocenters. The Morgan fingerprint density at radius 3 is 2.20 bits per heavy atom. The van der Waals surface area contributed by atoms with Crippen LogP contribution in [0.2, 0.25) is 0 Å². The number of anilines is 1. The first-order valence-corrected chi connectivity index (χ1v) is 8.17. The lowest BCUT2D eigenvalue weighted by atomic mass is 10.0. The molecule has 0 spiro atoms. The normalized spacial score (nSPS) is 14.6. The zero-order valence-corrected chi connectivity index (χ0v) is 14.6. The van der Waals surface area contributed by atoms with Crippen LogP contribution in [0.25, 0.3) is 0 Å². The topological polar surface area (TPSA) is 92.8 Å². The van der Waals surface area contributed by atoms with Gasteiger partial charge >= 0.3 is 5.97 Å². The molecule has 7 heteroatoms. The molecule has 25 heavy (non-hydrogen) atoms. The second-order valence-electron chi connectivity index (χ2n) is 6.53. The maximum atomic E-state index is 12.0. The first kappa shape index (κ1) is 18.6.